The molecule has 53 heavy (non-hydrogen) atoms. The van der Waals surface area contributed by atoms with Crippen LogP contribution in [-0.2, 0) is 11.2 Å². The molecule has 2 fully saturated rings. The van der Waals surface area contributed by atoms with Crippen molar-refractivity contribution >= 4 is 51.9 Å². The predicted octanol–water partition coefficient (Wildman–Crippen LogP) is 8.11. The Bertz CT molecular complexity index is 2220. The lowest BCUT2D eigenvalue weighted by Gasteiger charge is -2.53. The summed E-state index contributed by atoms with van der Waals surface area (Å²) in [5.74, 6) is -2.14. The topological polar surface area (TPSA) is 104 Å². The number of para-hydroxylation sites is 2. The van der Waals surface area contributed by atoms with E-state index in [1.807, 2.05) is 44.2 Å². The third-order valence-corrected chi connectivity index (χ3v) is 11.6. The summed E-state index contributed by atoms with van der Waals surface area (Å²) >= 11 is 1.21. The van der Waals surface area contributed by atoms with Gasteiger partial charge in [0.1, 0.15) is 23.1 Å². The van der Waals surface area contributed by atoms with E-state index in [1.165, 1.54) is 17.4 Å². The normalized spacial score (nSPS) is 17.3. The molecule has 3 aliphatic rings. The maximum absolute atomic E-state index is 14.3. The Kier molecular flexibility index (Phi) is 9.03. The summed E-state index contributed by atoms with van der Waals surface area (Å²) in [6, 6.07) is 21.1. The number of halogens is 2. The molecule has 3 amide bonds. The molecule has 0 bridgehead atoms. The van der Waals surface area contributed by atoms with Gasteiger partial charge in [-0.3, -0.25) is 14.4 Å². The van der Waals surface area contributed by atoms with Crippen molar-refractivity contribution in [2.45, 2.75) is 39.2 Å². The Morgan fingerprint density at radius 1 is 0.906 bits per heavy atom. The highest BCUT2D eigenvalue weighted by atomic mass is 32.1. The number of ether oxygens (including phenoxy) is 1. The van der Waals surface area contributed by atoms with E-state index in [9.17, 15) is 23.2 Å². The molecule has 3 aromatic carbocycles. The number of aromatic nitrogens is 1. The Morgan fingerprint density at radius 3 is 2.36 bits per heavy atom. The van der Waals surface area contributed by atoms with Crippen LogP contribution in [0.5, 0.6) is 0 Å². The number of hydrogen-bond donors (Lipinski definition) is 2. The highest BCUT2D eigenvalue weighted by Crippen LogP contribution is 2.44. The van der Waals surface area contributed by atoms with Crippen molar-refractivity contribution < 1.29 is 27.9 Å². The lowest BCUT2D eigenvalue weighted by atomic mass is 9.73. The molecule has 2 saturated heterocycles. The van der Waals surface area contributed by atoms with Gasteiger partial charge in [0.05, 0.1) is 16.1 Å². The van der Waals surface area contributed by atoms with Crippen LogP contribution in [0.4, 0.5) is 31.7 Å². The lowest BCUT2D eigenvalue weighted by molar-refractivity contribution is -0.000511. The van der Waals surface area contributed by atoms with Crippen molar-refractivity contribution in [3.05, 3.63) is 124 Å². The number of pyridine rings is 1. The molecule has 3 aliphatic heterocycles. The number of rotatable bonds is 6. The number of benzene rings is 3. The van der Waals surface area contributed by atoms with Crippen molar-refractivity contribution in [1.82, 2.24) is 4.98 Å². The van der Waals surface area contributed by atoms with E-state index >= 15 is 0 Å². The van der Waals surface area contributed by atoms with Crippen LogP contribution in [-0.4, -0.2) is 55.1 Å². The van der Waals surface area contributed by atoms with Crippen LogP contribution in [0.25, 0.3) is 10.4 Å². The molecule has 270 valence electrons. The fourth-order valence-corrected chi connectivity index (χ4v) is 8.71. The molecule has 9 nitrogen and oxygen atoms in total. The van der Waals surface area contributed by atoms with Gasteiger partial charge in [0.2, 0.25) is 0 Å². The van der Waals surface area contributed by atoms with Gasteiger partial charge in [-0.05, 0) is 98.8 Å². The Balaban J connectivity index is 0.996. The van der Waals surface area contributed by atoms with E-state index in [4.69, 9.17) is 4.74 Å². The van der Waals surface area contributed by atoms with Crippen molar-refractivity contribution in [3.63, 3.8) is 0 Å². The Labute approximate surface area is 309 Å². The second kappa shape index (κ2) is 13.8. The number of carbonyl (C=O) groups excluding carboxylic acids is 3. The molecule has 1 spiro atoms. The van der Waals surface area contributed by atoms with Gasteiger partial charge in [0, 0.05) is 65.6 Å². The number of thiophene rings is 1. The molecule has 1 atom stereocenters. The quantitative estimate of drug-likeness (QED) is 0.183. The van der Waals surface area contributed by atoms with Gasteiger partial charge in [-0.2, -0.15) is 0 Å². The van der Waals surface area contributed by atoms with Crippen LogP contribution in [0.2, 0.25) is 0 Å². The summed E-state index contributed by atoms with van der Waals surface area (Å²) in [6.07, 6.45) is 4.26. The minimum atomic E-state index is -0.858. The number of fused-ring (bicyclic) bond motifs is 3. The summed E-state index contributed by atoms with van der Waals surface area (Å²) in [6.45, 7) is 7.09. The molecular formula is C41H37F2N5O4S. The van der Waals surface area contributed by atoms with Gasteiger partial charge in [0.15, 0.2) is 0 Å². The number of amides is 3. The first-order chi connectivity index (χ1) is 25.6. The average Bonchev–Trinajstić information content (AvgIpc) is 3.52. The minimum absolute atomic E-state index is 0.212. The summed E-state index contributed by atoms with van der Waals surface area (Å²) in [4.78, 5) is 50.7. The van der Waals surface area contributed by atoms with Crippen molar-refractivity contribution in [1.29, 1.82) is 0 Å². The van der Waals surface area contributed by atoms with Crippen LogP contribution in [0, 0.1) is 24.0 Å². The van der Waals surface area contributed by atoms with Gasteiger partial charge in [0.25, 0.3) is 17.7 Å². The first-order valence-corrected chi connectivity index (χ1v) is 18.4. The first-order valence-electron chi connectivity index (χ1n) is 17.6. The molecule has 5 aromatic rings. The van der Waals surface area contributed by atoms with Gasteiger partial charge >= 0.3 is 0 Å². The fraction of sp³-hybridized carbons (Fsp3) is 0.268. The van der Waals surface area contributed by atoms with Crippen LogP contribution in [0.1, 0.15) is 61.3 Å². The van der Waals surface area contributed by atoms with Crippen LogP contribution in [0.3, 0.4) is 0 Å². The zero-order valence-corrected chi connectivity index (χ0v) is 30.1. The summed E-state index contributed by atoms with van der Waals surface area (Å²) < 4.78 is 34.1. The number of aryl methyl sites for hydroxylation is 1. The second-order valence-electron chi connectivity index (χ2n) is 14.1. The van der Waals surface area contributed by atoms with Crippen molar-refractivity contribution in [3.8, 4) is 10.4 Å². The molecule has 8 rings (SSSR count). The summed E-state index contributed by atoms with van der Waals surface area (Å²) in [7, 11) is 0. The molecule has 2 aromatic heterocycles. The molecular weight excluding hydrogens is 697 g/mol. The van der Waals surface area contributed by atoms with Gasteiger partial charge < -0.3 is 25.2 Å². The van der Waals surface area contributed by atoms with E-state index in [0.29, 0.717) is 39.6 Å². The molecule has 12 heteroatoms. The second-order valence-corrected chi connectivity index (χ2v) is 15.2. The van der Waals surface area contributed by atoms with E-state index in [0.717, 1.165) is 72.8 Å². The number of nitrogens with one attached hydrogen (secondary N) is 2. The summed E-state index contributed by atoms with van der Waals surface area (Å²) in [5.41, 5.74) is 4.44. The highest BCUT2D eigenvalue weighted by Gasteiger charge is 2.45. The largest absolute Gasteiger partial charge is 0.381 e. The minimum Gasteiger partial charge on any atom is -0.381 e. The van der Waals surface area contributed by atoms with E-state index in [1.54, 1.807) is 41.4 Å². The van der Waals surface area contributed by atoms with Gasteiger partial charge in [-0.25, -0.2) is 13.8 Å². The van der Waals surface area contributed by atoms with Gasteiger partial charge in [-0.1, -0.05) is 24.3 Å². The highest BCUT2D eigenvalue weighted by molar-refractivity contribution is 7.17. The third kappa shape index (κ3) is 6.57. The van der Waals surface area contributed by atoms with Crippen LogP contribution in [0.15, 0.2) is 85.1 Å². The molecule has 5 heterocycles. The third-order valence-electron chi connectivity index (χ3n) is 10.4. The maximum Gasteiger partial charge on any atom is 0.265 e. The number of anilines is 4. The predicted molar refractivity (Wildman–Crippen MR) is 202 cm³/mol. The average molecular weight is 734 g/mol. The smallest absolute Gasteiger partial charge is 0.265 e. The Hall–Kier alpha value is -5.46. The summed E-state index contributed by atoms with van der Waals surface area (Å²) in [5, 5.41) is 5.38. The first kappa shape index (κ1) is 34.6. The monoisotopic (exact) mass is 733 g/mol. The van der Waals surface area contributed by atoms with E-state index < -0.39 is 23.2 Å². The molecule has 0 saturated carbocycles. The zero-order valence-electron chi connectivity index (χ0n) is 29.2. The molecule has 0 aliphatic carbocycles. The van der Waals surface area contributed by atoms with E-state index in [-0.39, 0.29) is 23.3 Å². The number of nitrogens with zero attached hydrogens (tertiary/aromatic N) is 3. The molecule has 2 N–H and O–H groups in total. The fourth-order valence-electron chi connectivity index (χ4n) is 7.59. The van der Waals surface area contributed by atoms with Crippen LogP contribution >= 0.6 is 11.3 Å². The Morgan fingerprint density at radius 2 is 1.62 bits per heavy atom. The van der Waals surface area contributed by atoms with E-state index in [2.05, 4.69) is 20.5 Å². The maximum atomic E-state index is 14.3. The van der Waals surface area contributed by atoms with Crippen LogP contribution < -0.4 is 20.4 Å². The standard InChI is InChI=1S/C41H37F2N5O4S/c1-24-18-30(37(44-21-24)47-22-41(23-47)14-16-52-17-15-41)38(49)45-28-12-10-26(11-13-28)40(51)48-25(2)19-27-20-34(53-36(27)29-6-3-4-9-33(29)48)39(50)46-35-31(42)7-5-8-32(35)43/h3-13,18,20-21,25H,14-17,19,22-23H2,1-2H3,(H,45,49)(H,46,50)/t25-/m0/s1. The SMILES string of the molecule is Cc1cnc(N2CC3(CCOCC3)C2)c(C(=O)Nc2ccc(C(=O)N3c4ccccc4-c4sc(C(=O)Nc5c(F)cccc5F)cc4C[C@@H]3C)cc2)c1. The number of hydrogen-bond acceptors (Lipinski definition) is 7. The molecule has 0 radical (unpaired) electrons. The van der Waals surface area contributed by atoms with Crippen molar-refractivity contribution in [2.24, 2.45) is 5.41 Å². The zero-order chi connectivity index (χ0) is 36.9. The van der Waals surface area contributed by atoms with Crippen molar-refractivity contribution in [2.75, 3.05) is 46.7 Å². The number of carbonyl (C=O) groups is 3. The lowest BCUT2D eigenvalue weighted by Crippen LogP contribution is -2.59. The molecule has 0 unspecified atom stereocenters. The van der Waals surface area contributed by atoms with Gasteiger partial charge in [-0.15, -0.1) is 11.3 Å².